The molecule has 0 spiro atoms. The van der Waals surface area contributed by atoms with E-state index in [2.05, 4.69) is 0 Å². The molecule has 0 heterocycles. The summed E-state index contributed by atoms with van der Waals surface area (Å²) in [5.74, 6) is 0. The second-order valence-corrected chi connectivity index (χ2v) is 6.42. The zero-order chi connectivity index (χ0) is 14.8. The van der Waals surface area contributed by atoms with Crippen molar-refractivity contribution in [2.75, 3.05) is 11.4 Å². The topological polar surface area (TPSA) is 61.2 Å². The molecule has 2 aromatic carbocycles. The number of anilines is 1. The quantitative estimate of drug-likeness (QED) is 0.871. The molecule has 0 fully saturated rings. The van der Waals surface area contributed by atoms with Gasteiger partial charge in [-0.2, -0.15) is 5.26 Å². The van der Waals surface area contributed by atoms with Crippen LogP contribution in [0.5, 0.6) is 0 Å². The van der Waals surface area contributed by atoms with E-state index in [1.807, 2.05) is 25.1 Å². The maximum absolute atomic E-state index is 12.5. The predicted molar refractivity (Wildman–Crippen MR) is 77.9 cm³/mol. The normalized spacial score (nSPS) is 10.8. The molecule has 4 nitrogen and oxygen atoms in total. The van der Waals surface area contributed by atoms with Gasteiger partial charge in [0, 0.05) is 7.05 Å². The molecule has 2 aromatic rings. The summed E-state index contributed by atoms with van der Waals surface area (Å²) in [5, 5.41) is 8.86. The van der Waals surface area contributed by atoms with Gasteiger partial charge >= 0.3 is 0 Å². The number of nitrogens with zero attached hydrogens (tertiary/aromatic N) is 2. The first-order valence-electron chi connectivity index (χ1n) is 6.01. The molecule has 0 aromatic heterocycles. The first-order valence-corrected chi connectivity index (χ1v) is 7.45. The summed E-state index contributed by atoms with van der Waals surface area (Å²) in [6, 6.07) is 15.2. The molecule has 20 heavy (non-hydrogen) atoms. The lowest BCUT2D eigenvalue weighted by Crippen LogP contribution is -2.26. The second kappa shape index (κ2) is 5.35. The molecule has 5 heteroatoms. The predicted octanol–water partition coefficient (Wildman–Crippen LogP) is 2.69. The van der Waals surface area contributed by atoms with E-state index in [-0.39, 0.29) is 4.90 Å². The summed E-state index contributed by atoms with van der Waals surface area (Å²) in [7, 11) is -2.16. The lowest BCUT2D eigenvalue weighted by Gasteiger charge is -2.20. The van der Waals surface area contributed by atoms with Gasteiger partial charge in [0.25, 0.3) is 10.0 Å². The Bertz CT molecular complexity index is 776. The monoisotopic (exact) mass is 286 g/mol. The summed E-state index contributed by atoms with van der Waals surface area (Å²) in [5.41, 5.74) is 1.89. The van der Waals surface area contributed by atoms with Gasteiger partial charge in [-0.3, -0.25) is 4.31 Å². The highest BCUT2D eigenvalue weighted by atomic mass is 32.2. The molecule has 0 amide bonds. The number of hydrogen-bond donors (Lipinski definition) is 0. The largest absolute Gasteiger partial charge is 0.269 e. The first kappa shape index (κ1) is 14.1. The maximum Gasteiger partial charge on any atom is 0.264 e. The van der Waals surface area contributed by atoms with Crippen LogP contribution in [0.2, 0.25) is 0 Å². The average Bonchev–Trinajstić information content (AvgIpc) is 2.46. The number of benzene rings is 2. The minimum Gasteiger partial charge on any atom is -0.269 e. The third kappa shape index (κ3) is 2.65. The van der Waals surface area contributed by atoms with Crippen LogP contribution >= 0.6 is 0 Å². The third-order valence-corrected chi connectivity index (χ3v) is 4.77. The lowest BCUT2D eigenvalue weighted by atomic mass is 10.2. The van der Waals surface area contributed by atoms with Crippen molar-refractivity contribution in [3.8, 4) is 6.07 Å². The van der Waals surface area contributed by atoms with Gasteiger partial charge in [-0.25, -0.2) is 8.42 Å². The van der Waals surface area contributed by atoms with Gasteiger partial charge in [-0.05, 0) is 42.8 Å². The summed E-state index contributed by atoms with van der Waals surface area (Å²) in [6.07, 6.45) is 0. The summed E-state index contributed by atoms with van der Waals surface area (Å²) < 4.78 is 26.3. The van der Waals surface area contributed by atoms with Crippen molar-refractivity contribution in [2.45, 2.75) is 11.8 Å². The van der Waals surface area contributed by atoms with Crippen LogP contribution in [-0.4, -0.2) is 15.5 Å². The zero-order valence-corrected chi connectivity index (χ0v) is 12.1. The van der Waals surface area contributed by atoms with Crippen molar-refractivity contribution in [1.82, 2.24) is 0 Å². The van der Waals surface area contributed by atoms with E-state index in [0.717, 1.165) is 5.56 Å². The fraction of sp³-hybridized carbons (Fsp3) is 0.133. The summed E-state index contributed by atoms with van der Waals surface area (Å²) >= 11 is 0. The molecule has 0 saturated carbocycles. The molecule has 102 valence electrons. The van der Waals surface area contributed by atoms with Gasteiger partial charge in [-0.15, -0.1) is 0 Å². The first-order chi connectivity index (χ1) is 9.45. The molecular formula is C15H14N2O2S. The number of nitriles is 1. The standard InChI is InChI=1S/C15H14N2O2S/c1-12-5-3-7-14(9-12)17(2)20(18,19)15-8-4-6-13(10-15)11-16/h3-10H,1-2H3. The third-order valence-electron chi connectivity index (χ3n) is 2.99. The summed E-state index contributed by atoms with van der Waals surface area (Å²) in [6.45, 7) is 1.90. The molecule has 0 saturated heterocycles. The highest BCUT2D eigenvalue weighted by Crippen LogP contribution is 2.23. The van der Waals surface area contributed by atoms with Crippen LogP contribution in [0.25, 0.3) is 0 Å². The Morgan fingerprint density at radius 3 is 2.45 bits per heavy atom. The Morgan fingerprint density at radius 2 is 1.80 bits per heavy atom. The number of sulfonamides is 1. The molecule has 2 rings (SSSR count). The zero-order valence-electron chi connectivity index (χ0n) is 11.2. The van der Waals surface area contributed by atoms with E-state index in [0.29, 0.717) is 11.3 Å². The number of aryl methyl sites for hydroxylation is 1. The Balaban J connectivity index is 2.47. The highest BCUT2D eigenvalue weighted by molar-refractivity contribution is 7.92. The van der Waals surface area contributed by atoms with E-state index in [1.54, 1.807) is 24.3 Å². The molecule has 0 unspecified atom stereocenters. The van der Waals surface area contributed by atoms with E-state index in [1.165, 1.54) is 23.5 Å². The van der Waals surface area contributed by atoms with E-state index in [4.69, 9.17) is 5.26 Å². The van der Waals surface area contributed by atoms with E-state index in [9.17, 15) is 8.42 Å². The SMILES string of the molecule is Cc1cccc(N(C)S(=O)(=O)c2cccc(C#N)c2)c1. The van der Waals surface area contributed by atoms with Gasteiger partial charge in [0.05, 0.1) is 22.2 Å². The number of hydrogen-bond acceptors (Lipinski definition) is 3. The molecular weight excluding hydrogens is 272 g/mol. The van der Waals surface area contributed by atoms with Crippen molar-refractivity contribution in [1.29, 1.82) is 5.26 Å². The molecule has 0 N–H and O–H groups in total. The molecule has 0 atom stereocenters. The van der Waals surface area contributed by atoms with Crippen LogP contribution in [0, 0.1) is 18.3 Å². The average molecular weight is 286 g/mol. The Morgan fingerprint density at radius 1 is 1.10 bits per heavy atom. The lowest BCUT2D eigenvalue weighted by molar-refractivity contribution is 0.594. The Kier molecular flexibility index (Phi) is 3.77. The Labute approximate surface area is 118 Å². The fourth-order valence-electron chi connectivity index (χ4n) is 1.85. The second-order valence-electron chi connectivity index (χ2n) is 4.45. The van der Waals surface area contributed by atoms with Gasteiger partial charge < -0.3 is 0 Å². The van der Waals surface area contributed by atoms with Crippen LogP contribution in [0.4, 0.5) is 5.69 Å². The van der Waals surface area contributed by atoms with Crippen LogP contribution < -0.4 is 4.31 Å². The molecule has 0 aliphatic carbocycles. The van der Waals surface area contributed by atoms with Crippen LogP contribution in [0.3, 0.4) is 0 Å². The van der Waals surface area contributed by atoms with E-state index < -0.39 is 10.0 Å². The van der Waals surface area contributed by atoms with Gasteiger partial charge in [0.2, 0.25) is 0 Å². The maximum atomic E-state index is 12.5. The number of rotatable bonds is 3. The van der Waals surface area contributed by atoms with E-state index >= 15 is 0 Å². The van der Waals surface area contributed by atoms with Gasteiger partial charge in [-0.1, -0.05) is 18.2 Å². The molecule has 0 bridgehead atoms. The Hall–Kier alpha value is -2.32. The van der Waals surface area contributed by atoms with Crippen LogP contribution in [0.1, 0.15) is 11.1 Å². The fourth-order valence-corrected chi connectivity index (χ4v) is 3.08. The van der Waals surface area contributed by atoms with Gasteiger partial charge in [0.1, 0.15) is 0 Å². The molecule has 0 radical (unpaired) electrons. The van der Waals surface area contributed by atoms with Crippen molar-refractivity contribution in [3.05, 3.63) is 59.7 Å². The van der Waals surface area contributed by atoms with Crippen molar-refractivity contribution in [3.63, 3.8) is 0 Å². The smallest absolute Gasteiger partial charge is 0.264 e. The van der Waals surface area contributed by atoms with Crippen molar-refractivity contribution in [2.24, 2.45) is 0 Å². The van der Waals surface area contributed by atoms with Crippen molar-refractivity contribution < 1.29 is 8.42 Å². The van der Waals surface area contributed by atoms with Crippen LogP contribution in [-0.2, 0) is 10.0 Å². The molecule has 0 aliphatic heterocycles. The van der Waals surface area contributed by atoms with Gasteiger partial charge in [0.15, 0.2) is 0 Å². The highest BCUT2D eigenvalue weighted by Gasteiger charge is 2.21. The minimum absolute atomic E-state index is 0.112. The van der Waals surface area contributed by atoms with Crippen LogP contribution in [0.15, 0.2) is 53.4 Å². The summed E-state index contributed by atoms with van der Waals surface area (Å²) in [4.78, 5) is 0.112. The minimum atomic E-state index is -3.66. The molecule has 0 aliphatic rings. The van der Waals surface area contributed by atoms with Crippen molar-refractivity contribution >= 4 is 15.7 Å².